The molecule has 0 amide bonds. The van der Waals surface area contributed by atoms with E-state index in [1.165, 1.54) is 5.56 Å². The number of benzene rings is 1. The molecule has 0 N–H and O–H groups in total. The van der Waals surface area contributed by atoms with Gasteiger partial charge in [-0.15, -0.1) is 0 Å². The zero-order chi connectivity index (χ0) is 23.9. The highest BCUT2D eigenvalue weighted by Gasteiger charge is 2.36. The van der Waals surface area contributed by atoms with Gasteiger partial charge in [0.15, 0.2) is 0 Å². The van der Waals surface area contributed by atoms with Crippen LogP contribution in [-0.4, -0.2) is 110 Å². The monoisotopic (exact) mass is 486 g/mol. The first-order chi connectivity index (χ1) is 16.5. The van der Waals surface area contributed by atoms with E-state index in [1.54, 1.807) is 0 Å². The first-order valence-electron chi connectivity index (χ1n) is 12.4. The molecule has 0 saturated carbocycles. The Bertz CT molecular complexity index is 859. The molecule has 2 atom stereocenters. The highest BCUT2D eigenvalue weighted by atomic mass is 35.5. The number of halogens is 1. The van der Waals surface area contributed by atoms with Gasteiger partial charge >= 0.3 is 0 Å². The van der Waals surface area contributed by atoms with Crippen LogP contribution in [0.5, 0.6) is 0 Å². The summed E-state index contributed by atoms with van der Waals surface area (Å²) in [5.41, 5.74) is 1.32. The Kier molecular flexibility index (Phi) is 9.14. The lowest BCUT2D eigenvalue weighted by atomic mass is 9.96. The fourth-order valence-corrected chi connectivity index (χ4v) is 5.19. The van der Waals surface area contributed by atoms with E-state index in [0.717, 1.165) is 76.1 Å². The zero-order valence-electron chi connectivity index (χ0n) is 20.8. The van der Waals surface area contributed by atoms with Crippen LogP contribution in [-0.2, 0) is 11.2 Å². The van der Waals surface area contributed by atoms with Crippen LogP contribution >= 0.6 is 11.6 Å². The molecule has 0 spiro atoms. The van der Waals surface area contributed by atoms with Gasteiger partial charge in [-0.05, 0) is 64.2 Å². The van der Waals surface area contributed by atoms with Crippen molar-refractivity contribution in [2.75, 3.05) is 71.9 Å². The minimum atomic E-state index is 0.240. The predicted molar refractivity (Wildman–Crippen MR) is 139 cm³/mol. The Morgan fingerprint density at radius 2 is 1.74 bits per heavy atom. The largest absolute Gasteiger partial charge is 0.374 e. The number of likely N-dealkylation sites (N-methyl/N-ethyl adjacent to an activating group) is 2. The van der Waals surface area contributed by atoms with Crippen molar-refractivity contribution in [1.29, 1.82) is 0 Å². The van der Waals surface area contributed by atoms with Gasteiger partial charge in [0.2, 0.25) is 5.95 Å². The fraction of sp³-hybridized carbons (Fsp3) is 0.615. The van der Waals surface area contributed by atoms with Gasteiger partial charge in [-0.3, -0.25) is 4.90 Å². The SMILES string of the molecule is CN(C)CCN(C)CC1CN(C2CCN(c3ncccn3)CC2)C(Cc2ccc(Cl)cc2)CO1. The number of rotatable bonds is 9. The highest BCUT2D eigenvalue weighted by Crippen LogP contribution is 2.26. The summed E-state index contributed by atoms with van der Waals surface area (Å²) >= 11 is 6.12. The summed E-state index contributed by atoms with van der Waals surface area (Å²) in [6.07, 6.45) is 7.13. The second-order valence-corrected chi connectivity index (χ2v) is 10.4. The van der Waals surface area contributed by atoms with E-state index < -0.39 is 0 Å². The summed E-state index contributed by atoms with van der Waals surface area (Å²) in [5, 5.41) is 0.789. The third-order valence-corrected chi connectivity index (χ3v) is 7.26. The molecule has 0 bridgehead atoms. The normalized spacial score (nSPS) is 22.6. The first-order valence-corrected chi connectivity index (χ1v) is 12.8. The van der Waals surface area contributed by atoms with Gasteiger partial charge in [0.1, 0.15) is 0 Å². The third-order valence-electron chi connectivity index (χ3n) is 7.01. The number of hydrogen-bond acceptors (Lipinski definition) is 7. The summed E-state index contributed by atoms with van der Waals surface area (Å²) < 4.78 is 6.42. The molecule has 7 nitrogen and oxygen atoms in total. The number of aromatic nitrogens is 2. The average molecular weight is 487 g/mol. The topological polar surface area (TPSA) is 48.0 Å². The maximum atomic E-state index is 6.42. The number of ether oxygens (including phenoxy) is 1. The molecule has 1 aromatic carbocycles. The number of hydrogen-bond donors (Lipinski definition) is 0. The van der Waals surface area contributed by atoms with Crippen LogP contribution in [0.3, 0.4) is 0 Å². The van der Waals surface area contributed by atoms with Gasteiger partial charge in [-0.2, -0.15) is 0 Å². The van der Waals surface area contributed by atoms with Gasteiger partial charge in [0.25, 0.3) is 0 Å². The molecular weight excluding hydrogens is 448 g/mol. The lowest BCUT2D eigenvalue weighted by molar-refractivity contribution is -0.0896. The third kappa shape index (κ3) is 7.12. The predicted octanol–water partition coefficient (Wildman–Crippen LogP) is 2.90. The van der Waals surface area contributed by atoms with Crippen LogP contribution in [0.4, 0.5) is 5.95 Å². The van der Waals surface area contributed by atoms with E-state index in [2.05, 4.69) is 62.8 Å². The van der Waals surface area contributed by atoms with Crippen molar-refractivity contribution < 1.29 is 4.74 Å². The maximum absolute atomic E-state index is 6.42. The van der Waals surface area contributed by atoms with Gasteiger partial charge in [0, 0.05) is 68.8 Å². The van der Waals surface area contributed by atoms with Crippen molar-refractivity contribution in [1.82, 2.24) is 24.7 Å². The zero-order valence-corrected chi connectivity index (χ0v) is 21.6. The summed E-state index contributed by atoms with van der Waals surface area (Å²) in [6, 6.07) is 11.1. The van der Waals surface area contributed by atoms with Crippen molar-refractivity contribution >= 4 is 17.5 Å². The standard InChI is InChI=1S/C26H39ClN6O/c1-30(2)15-16-31(3)18-25-19-33(24(20-34-25)17-21-5-7-22(27)8-6-21)23-9-13-32(14-10-23)26-28-11-4-12-29-26/h4-8,11-12,23-25H,9-10,13-20H2,1-3H3. The van der Waals surface area contributed by atoms with Crippen molar-refractivity contribution in [3.05, 3.63) is 53.3 Å². The van der Waals surface area contributed by atoms with Gasteiger partial charge in [-0.25, -0.2) is 9.97 Å². The van der Waals surface area contributed by atoms with Crippen LogP contribution in [0.25, 0.3) is 0 Å². The molecular formula is C26H39ClN6O. The maximum Gasteiger partial charge on any atom is 0.225 e. The number of piperidine rings is 1. The molecule has 2 fully saturated rings. The quantitative estimate of drug-likeness (QED) is 0.540. The van der Waals surface area contributed by atoms with E-state index in [0.29, 0.717) is 12.1 Å². The Morgan fingerprint density at radius 3 is 2.41 bits per heavy atom. The van der Waals surface area contributed by atoms with Crippen molar-refractivity contribution in [3.8, 4) is 0 Å². The molecule has 34 heavy (non-hydrogen) atoms. The smallest absolute Gasteiger partial charge is 0.225 e. The van der Waals surface area contributed by atoms with E-state index in [9.17, 15) is 0 Å². The summed E-state index contributed by atoms with van der Waals surface area (Å²) in [5.74, 6) is 0.848. The lowest BCUT2D eigenvalue weighted by Crippen LogP contribution is -2.58. The second-order valence-electron chi connectivity index (χ2n) is 9.97. The molecule has 4 rings (SSSR count). The van der Waals surface area contributed by atoms with Gasteiger partial charge < -0.3 is 19.4 Å². The van der Waals surface area contributed by atoms with Crippen molar-refractivity contribution in [2.24, 2.45) is 0 Å². The molecule has 3 heterocycles. The second kappa shape index (κ2) is 12.3. The van der Waals surface area contributed by atoms with Crippen LogP contribution < -0.4 is 4.90 Å². The molecule has 186 valence electrons. The van der Waals surface area contributed by atoms with E-state index in [-0.39, 0.29) is 6.10 Å². The summed E-state index contributed by atoms with van der Waals surface area (Å²) in [7, 11) is 6.46. The van der Waals surface area contributed by atoms with Crippen LogP contribution in [0.1, 0.15) is 18.4 Å². The molecule has 2 aliphatic rings. The molecule has 8 heteroatoms. The van der Waals surface area contributed by atoms with Crippen LogP contribution in [0, 0.1) is 0 Å². The van der Waals surface area contributed by atoms with Crippen LogP contribution in [0.15, 0.2) is 42.7 Å². The average Bonchev–Trinajstić information content (AvgIpc) is 2.86. The van der Waals surface area contributed by atoms with Crippen LogP contribution in [0.2, 0.25) is 5.02 Å². The first kappa shape index (κ1) is 25.3. The highest BCUT2D eigenvalue weighted by molar-refractivity contribution is 6.30. The van der Waals surface area contributed by atoms with Crippen molar-refractivity contribution in [2.45, 2.75) is 37.5 Å². The lowest BCUT2D eigenvalue weighted by Gasteiger charge is -2.47. The molecule has 0 radical (unpaired) electrons. The molecule has 2 saturated heterocycles. The van der Waals surface area contributed by atoms with E-state index in [1.807, 2.05) is 30.6 Å². The Labute approximate surface area is 209 Å². The number of morpholine rings is 1. The minimum Gasteiger partial charge on any atom is -0.374 e. The molecule has 2 aromatic rings. The summed E-state index contributed by atoms with van der Waals surface area (Å²) in [4.78, 5) is 18.6. The Hall–Kier alpha value is -1.77. The van der Waals surface area contributed by atoms with E-state index in [4.69, 9.17) is 16.3 Å². The molecule has 0 aliphatic carbocycles. The van der Waals surface area contributed by atoms with E-state index >= 15 is 0 Å². The Balaban J connectivity index is 1.40. The summed E-state index contributed by atoms with van der Waals surface area (Å²) in [6.45, 7) is 6.82. The molecule has 1 aromatic heterocycles. The molecule has 2 aliphatic heterocycles. The minimum absolute atomic E-state index is 0.240. The number of nitrogens with zero attached hydrogens (tertiary/aromatic N) is 6. The van der Waals surface area contributed by atoms with Gasteiger partial charge in [-0.1, -0.05) is 23.7 Å². The van der Waals surface area contributed by atoms with Crippen molar-refractivity contribution in [3.63, 3.8) is 0 Å². The van der Waals surface area contributed by atoms with Gasteiger partial charge in [0.05, 0.1) is 12.7 Å². The number of anilines is 1. The molecule has 2 unspecified atom stereocenters. The fourth-order valence-electron chi connectivity index (χ4n) is 5.07. The Morgan fingerprint density at radius 1 is 1.03 bits per heavy atom.